The molecule has 0 bridgehead atoms. The molecule has 1 aliphatic heterocycles. The number of imidazole rings is 1. The number of hydrogen-bond donors (Lipinski definition) is 3. The van der Waals surface area contributed by atoms with E-state index in [1.54, 1.807) is 41.6 Å². The third-order valence-corrected chi connectivity index (χ3v) is 6.62. The predicted octanol–water partition coefficient (Wildman–Crippen LogP) is 3.36. The number of aromatic amines is 1. The van der Waals surface area contributed by atoms with Gasteiger partial charge in [0, 0.05) is 43.0 Å². The Morgan fingerprint density at radius 1 is 1.11 bits per heavy atom. The summed E-state index contributed by atoms with van der Waals surface area (Å²) in [4.78, 5) is 36.5. The van der Waals surface area contributed by atoms with Gasteiger partial charge in [-0.3, -0.25) is 9.89 Å². The standard InChI is InChI=1S/C26H24N8O2/c1-33-22-8-3-2-7-21(22)31-23(33)14-28-25(35)16-5-4-6-18(11-16)30-26(36)34-10-9-19-17(15-34)12-27-24-20(19)13-29-32-24/h2-8,11-13H,9-10,14-15H2,1H3,(H,28,35)(H,30,36)(H,27,29,32). The van der Waals surface area contributed by atoms with Gasteiger partial charge in [-0.25, -0.2) is 14.8 Å². The second-order valence-corrected chi connectivity index (χ2v) is 8.84. The van der Waals surface area contributed by atoms with Gasteiger partial charge in [-0.05, 0) is 47.9 Å². The summed E-state index contributed by atoms with van der Waals surface area (Å²) < 4.78 is 1.97. The highest BCUT2D eigenvalue weighted by molar-refractivity contribution is 5.97. The number of carbonyl (C=O) groups is 2. The number of para-hydroxylation sites is 2. The van der Waals surface area contributed by atoms with E-state index < -0.39 is 0 Å². The summed E-state index contributed by atoms with van der Waals surface area (Å²) in [5, 5.41) is 13.8. The van der Waals surface area contributed by atoms with Crippen LogP contribution in [0.4, 0.5) is 10.5 Å². The van der Waals surface area contributed by atoms with Gasteiger partial charge in [0.05, 0.1) is 23.8 Å². The van der Waals surface area contributed by atoms with Crippen molar-refractivity contribution in [2.75, 3.05) is 11.9 Å². The van der Waals surface area contributed by atoms with Crippen LogP contribution in [-0.4, -0.2) is 48.1 Å². The zero-order chi connectivity index (χ0) is 24.6. The number of nitrogens with one attached hydrogen (secondary N) is 3. The van der Waals surface area contributed by atoms with Crippen molar-refractivity contribution in [3.05, 3.63) is 83.4 Å². The van der Waals surface area contributed by atoms with Crippen molar-refractivity contribution in [1.82, 2.24) is 34.9 Å². The number of benzene rings is 2. The predicted molar refractivity (Wildman–Crippen MR) is 135 cm³/mol. The lowest BCUT2D eigenvalue weighted by Gasteiger charge is -2.29. The second kappa shape index (κ2) is 8.81. The number of aromatic nitrogens is 5. The molecule has 0 atom stereocenters. The molecule has 5 aromatic rings. The topological polar surface area (TPSA) is 121 Å². The summed E-state index contributed by atoms with van der Waals surface area (Å²) in [6.45, 7) is 1.35. The molecule has 1 aliphatic rings. The van der Waals surface area contributed by atoms with Crippen LogP contribution in [0.25, 0.3) is 22.1 Å². The third kappa shape index (κ3) is 3.92. The fourth-order valence-corrected chi connectivity index (χ4v) is 4.68. The number of hydrogen-bond acceptors (Lipinski definition) is 5. The SMILES string of the molecule is Cn1c(CNC(=O)c2cccc(NC(=O)N3CCc4c(cnc5[nH]ncc45)C3)c2)nc2ccccc21. The molecule has 4 heterocycles. The van der Waals surface area contributed by atoms with E-state index in [9.17, 15) is 9.59 Å². The average molecular weight is 481 g/mol. The Labute approximate surface area is 206 Å². The van der Waals surface area contributed by atoms with Crippen molar-refractivity contribution in [2.24, 2.45) is 7.05 Å². The van der Waals surface area contributed by atoms with Crippen LogP contribution in [-0.2, 0) is 26.6 Å². The van der Waals surface area contributed by atoms with E-state index in [0.717, 1.165) is 39.9 Å². The third-order valence-electron chi connectivity index (χ3n) is 6.62. The number of anilines is 1. The molecule has 0 unspecified atom stereocenters. The molecule has 10 nitrogen and oxygen atoms in total. The first-order valence-electron chi connectivity index (χ1n) is 11.7. The monoisotopic (exact) mass is 480 g/mol. The van der Waals surface area contributed by atoms with Crippen molar-refractivity contribution < 1.29 is 9.59 Å². The number of nitrogens with zero attached hydrogens (tertiary/aromatic N) is 5. The highest BCUT2D eigenvalue weighted by Crippen LogP contribution is 2.25. The van der Waals surface area contributed by atoms with Gasteiger partial charge < -0.3 is 20.1 Å². The van der Waals surface area contributed by atoms with Crippen molar-refractivity contribution >= 4 is 39.7 Å². The van der Waals surface area contributed by atoms with E-state index >= 15 is 0 Å². The molecule has 36 heavy (non-hydrogen) atoms. The minimum atomic E-state index is -0.236. The van der Waals surface area contributed by atoms with E-state index in [1.807, 2.05) is 35.9 Å². The van der Waals surface area contributed by atoms with Gasteiger partial charge in [0.25, 0.3) is 5.91 Å². The summed E-state index contributed by atoms with van der Waals surface area (Å²) in [6.07, 6.45) is 4.31. The Morgan fingerprint density at radius 2 is 2.00 bits per heavy atom. The number of H-pyrrole nitrogens is 1. The highest BCUT2D eigenvalue weighted by Gasteiger charge is 2.23. The molecule has 180 valence electrons. The lowest BCUT2D eigenvalue weighted by Crippen LogP contribution is -2.39. The Kier molecular flexibility index (Phi) is 5.33. The maximum atomic E-state index is 13.0. The van der Waals surface area contributed by atoms with Gasteiger partial charge in [0.1, 0.15) is 5.82 Å². The van der Waals surface area contributed by atoms with Crippen molar-refractivity contribution in [2.45, 2.75) is 19.5 Å². The summed E-state index contributed by atoms with van der Waals surface area (Å²) in [5.74, 6) is 0.529. The summed E-state index contributed by atoms with van der Waals surface area (Å²) in [7, 11) is 1.93. The highest BCUT2D eigenvalue weighted by atomic mass is 16.2. The fraction of sp³-hybridized carbons (Fsp3) is 0.192. The van der Waals surface area contributed by atoms with Crippen LogP contribution in [0.2, 0.25) is 0 Å². The minimum absolute atomic E-state index is 0.217. The molecule has 0 spiro atoms. The van der Waals surface area contributed by atoms with E-state index in [-0.39, 0.29) is 11.9 Å². The average Bonchev–Trinajstić information content (AvgIpc) is 3.52. The molecule has 0 aliphatic carbocycles. The van der Waals surface area contributed by atoms with Gasteiger partial charge in [-0.15, -0.1) is 0 Å². The van der Waals surface area contributed by atoms with Crippen LogP contribution in [0.15, 0.2) is 60.9 Å². The zero-order valence-corrected chi connectivity index (χ0v) is 19.7. The van der Waals surface area contributed by atoms with E-state index in [1.165, 1.54) is 5.56 Å². The molecule has 0 saturated heterocycles. The van der Waals surface area contributed by atoms with Gasteiger partial charge in [-0.1, -0.05) is 18.2 Å². The summed E-state index contributed by atoms with van der Waals surface area (Å²) in [5.41, 5.74) is 5.87. The maximum absolute atomic E-state index is 13.0. The van der Waals surface area contributed by atoms with Gasteiger partial charge >= 0.3 is 6.03 Å². The smallest absolute Gasteiger partial charge is 0.322 e. The van der Waals surface area contributed by atoms with Crippen LogP contribution in [0.1, 0.15) is 27.3 Å². The lowest BCUT2D eigenvalue weighted by molar-refractivity contribution is 0.0949. The zero-order valence-electron chi connectivity index (χ0n) is 19.7. The maximum Gasteiger partial charge on any atom is 0.322 e. The summed E-state index contributed by atoms with van der Waals surface area (Å²) in [6, 6.07) is 14.6. The van der Waals surface area contributed by atoms with Crippen LogP contribution in [0, 0.1) is 0 Å². The first kappa shape index (κ1) is 21.8. The van der Waals surface area contributed by atoms with Crippen LogP contribution in [0.3, 0.4) is 0 Å². The Bertz CT molecular complexity index is 1620. The molecule has 3 amide bonds. The molecule has 0 saturated carbocycles. The molecule has 3 aromatic heterocycles. The molecule has 0 fully saturated rings. The number of fused-ring (bicyclic) bond motifs is 4. The van der Waals surface area contributed by atoms with Crippen LogP contribution >= 0.6 is 0 Å². The molecule has 10 heteroatoms. The normalized spacial score (nSPS) is 13.1. The quantitative estimate of drug-likeness (QED) is 0.364. The Morgan fingerprint density at radius 3 is 2.89 bits per heavy atom. The number of rotatable bonds is 4. The van der Waals surface area contributed by atoms with E-state index in [2.05, 4.69) is 30.8 Å². The number of aryl methyl sites for hydroxylation is 1. The van der Waals surface area contributed by atoms with Crippen LogP contribution < -0.4 is 10.6 Å². The molecule has 2 aromatic carbocycles. The fourth-order valence-electron chi connectivity index (χ4n) is 4.68. The molecular formula is C26H24N8O2. The van der Waals surface area contributed by atoms with E-state index in [0.29, 0.717) is 30.9 Å². The minimum Gasteiger partial charge on any atom is -0.345 e. The van der Waals surface area contributed by atoms with Gasteiger partial charge in [0.2, 0.25) is 0 Å². The second-order valence-electron chi connectivity index (χ2n) is 8.84. The number of carbonyl (C=O) groups excluding carboxylic acids is 2. The molecule has 0 radical (unpaired) electrons. The van der Waals surface area contributed by atoms with Gasteiger partial charge in [0.15, 0.2) is 5.65 Å². The largest absolute Gasteiger partial charge is 0.345 e. The molecule has 6 rings (SSSR count). The number of pyridine rings is 1. The number of urea groups is 1. The molecule has 3 N–H and O–H groups in total. The van der Waals surface area contributed by atoms with E-state index in [4.69, 9.17) is 0 Å². The van der Waals surface area contributed by atoms with Crippen LogP contribution in [0.5, 0.6) is 0 Å². The first-order chi connectivity index (χ1) is 17.6. The first-order valence-corrected chi connectivity index (χ1v) is 11.7. The van der Waals surface area contributed by atoms with Crippen molar-refractivity contribution in [1.29, 1.82) is 0 Å². The molecular weight excluding hydrogens is 456 g/mol. The lowest BCUT2D eigenvalue weighted by atomic mass is 9.99. The summed E-state index contributed by atoms with van der Waals surface area (Å²) >= 11 is 0. The van der Waals surface area contributed by atoms with Crippen molar-refractivity contribution in [3.63, 3.8) is 0 Å². The Balaban J connectivity index is 1.11. The van der Waals surface area contributed by atoms with Crippen molar-refractivity contribution in [3.8, 4) is 0 Å². The van der Waals surface area contributed by atoms with Gasteiger partial charge in [-0.2, -0.15) is 5.10 Å². The number of amides is 3. The Hall–Kier alpha value is -4.73.